The number of alkyl halides is 3. The van der Waals surface area contributed by atoms with Crippen molar-refractivity contribution in [3.05, 3.63) is 144 Å². The maximum Gasteiger partial charge on any atom is 0.418 e. The van der Waals surface area contributed by atoms with Crippen LogP contribution in [-0.2, 0) is 15.8 Å². The van der Waals surface area contributed by atoms with Crippen LogP contribution in [0.15, 0.2) is 132 Å². The summed E-state index contributed by atoms with van der Waals surface area (Å²) in [6.45, 7) is 1.57. The van der Waals surface area contributed by atoms with E-state index in [4.69, 9.17) is 0 Å². The summed E-state index contributed by atoms with van der Waals surface area (Å²) in [5, 5.41) is 9.02. The zero-order chi connectivity index (χ0) is 32.7. The average molecular weight is 640 g/mol. The molecule has 1 unspecified atom stereocenters. The highest BCUT2D eigenvalue weighted by Crippen LogP contribution is 2.35. The normalized spacial score (nSPS) is 12.3. The van der Waals surface area contributed by atoms with Gasteiger partial charge in [-0.2, -0.15) is 13.2 Å². The van der Waals surface area contributed by atoms with Gasteiger partial charge in [-0.1, -0.05) is 78.9 Å². The second-order valence-corrected chi connectivity index (χ2v) is 11.6. The predicted molar refractivity (Wildman–Crippen MR) is 176 cm³/mol. The number of nitrogens with one attached hydrogen (secondary N) is 3. The molecule has 232 valence electrons. The lowest BCUT2D eigenvalue weighted by molar-refractivity contribution is -0.137. The summed E-state index contributed by atoms with van der Waals surface area (Å²) in [6, 6.07) is 33.3. The van der Waals surface area contributed by atoms with Crippen molar-refractivity contribution >= 4 is 57.7 Å². The fourth-order valence-corrected chi connectivity index (χ4v) is 5.58. The zero-order valence-electron chi connectivity index (χ0n) is 24.5. The number of hydrogen-bond acceptors (Lipinski definition) is 4. The number of halogens is 3. The monoisotopic (exact) mass is 639 g/mol. The fourth-order valence-electron chi connectivity index (χ4n) is 4.65. The van der Waals surface area contributed by atoms with Crippen LogP contribution in [0.4, 0.5) is 24.5 Å². The minimum Gasteiger partial charge on any atom is -0.325 e. The predicted octanol–water partition coefficient (Wildman–Crippen LogP) is 8.39. The lowest BCUT2D eigenvalue weighted by Gasteiger charge is -2.16. The van der Waals surface area contributed by atoms with E-state index in [0.29, 0.717) is 16.1 Å². The summed E-state index contributed by atoms with van der Waals surface area (Å²) in [6.07, 6.45) is -3.00. The molecular weight excluding hydrogens is 611 g/mol. The van der Waals surface area contributed by atoms with Crippen molar-refractivity contribution < 1.29 is 27.6 Å². The number of fused-ring (bicyclic) bond motifs is 1. The van der Waals surface area contributed by atoms with Gasteiger partial charge in [0.1, 0.15) is 5.70 Å². The molecule has 5 aromatic rings. The molecule has 0 bridgehead atoms. The Morgan fingerprint density at radius 1 is 0.761 bits per heavy atom. The number of carbonyl (C=O) groups excluding carboxylic acids is 3. The maximum atomic E-state index is 13.6. The Balaban J connectivity index is 1.35. The minimum absolute atomic E-state index is 0.0133. The molecule has 0 spiro atoms. The minimum atomic E-state index is -4.62. The summed E-state index contributed by atoms with van der Waals surface area (Å²) in [4.78, 5) is 40.1. The van der Waals surface area contributed by atoms with Crippen LogP contribution in [0, 0.1) is 0 Å². The van der Waals surface area contributed by atoms with Gasteiger partial charge in [0.2, 0.25) is 5.91 Å². The van der Waals surface area contributed by atoms with Gasteiger partial charge in [-0.15, -0.1) is 11.8 Å². The molecule has 0 radical (unpaired) electrons. The number of anilines is 2. The lowest BCUT2D eigenvalue weighted by atomic mass is 10.0. The molecule has 3 N–H and O–H groups in total. The van der Waals surface area contributed by atoms with Crippen LogP contribution >= 0.6 is 11.8 Å². The van der Waals surface area contributed by atoms with Gasteiger partial charge in [0.05, 0.1) is 16.5 Å². The maximum absolute atomic E-state index is 13.6. The van der Waals surface area contributed by atoms with Crippen LogP contribution in [0.5, 0.6) is 0 Å². The van der Waals surface area contributed by atoms with Gasteiger partial charge in [-0.05, 0) is 71.8 Å². The molecule has 0 saturated carbocycles. The molecule has 3 amide bonds. The van der Waals surface area contributed by atoms with Crippen molar-refractivity contribution in [1.82, 2.24) is 5.32 Å². The van der Waals surface area contributed by atoms with Gasteiger partial charge in [0.25, 0.3) is 11.8 Å². The first-order valence-corrected chi connectivity index (χ1v) is 15.1. The van der Waals surface area contributed by atoms with Crippen LogP contribution in [0.1, 0.15) is 28.4 Å². The van der Waals surface area contributed by atoms with E-state index in [-0.39, 0.29) is 11.4 Å². The first-order chi connectivity index (χ1) is 22.1. The van der Waals surface area contributed by atoms with Gasteiger partial charge in [0.15, 0.2) is 0 Å². The van der Waals surface area contributed by atoms with Crippen molar-refractivity contribution in [3.8, 4) is 0 Å². The molecule has 0 aromatic heterocycles. The Hall–Kier alpha value is -5.35. The van der Waals surface area contributed by atoms with E-state index in [1.165, 1.54) is 18.2 Å². The summed E-state index contributed by atoms with van der Waals surface area (Å²) >= 11 is 1.12. The Morgan fingerprint density at radius 2 is 1.43 bits per heavy atom. The Bertz CT molecular complexity index is 1920. The van der Waals surface area contributed by atoms with E-state index in [1.807, 2.05) is 42.5 Å². The summed E-state index contributed by atoms with van der Waals surface area (Å²) in [5.74, 6) is -1.65. The molecule has 0 saturated heterocycles. The highest BCUT2D eigenvalue weighted by Gasteiger charge is 2.34. The molecule has 5 aromatic carbocycles. The third-order valence-electron chi connectivity index (χ3n) is 6.92. The molecule has 0 aliphatic carbocycles. The third kappa shape index (κ3) is 8.02. The molecule has 1 atom stereocenters. The molecule has 6 nitrogen and oxygen atoms in total. The van der Waals surface area contributed by atoms with Crippen molar-refractivity contribution in [3.63, 3.8) is 0 Å². The van der Waals surface area contributed by atoms with Crippen molar-refractivity contribution in [2.75, 3.05) is 10.6 Å². The number of benzene rings is 5. The summed E-state index contributed by atoms with van der Waals surface area (Å²) in [5.41, 5.74) is 0.256. The number of amides is 3. The van der Waals surface area contributed by atoms with E-state index >= 15 is 0 Å². The second kappa shape index (κ2) is 14.2. The molecule has 5 rings (SSSR count). The Morgan fingerprint density at radius 3 is 2.22 bits per heavy atom. The Kier molecular flexibility index (Phi) is 9.88. The number of thioether (sulfide) groups is 1. The largest absolute Gasteiger partial charge is 0.418 e. The summed E-state index contributed by atoms with van der Waals surface area (Å²) in [7, 11) is 0. The smallest absolute Gasteiger partial charge is 0.325 e. The first-order valence-electron chi connectivity index (χ1n) is 14.2. The van der Waals surface area contributed by atoms with Crippen LogP contribution in [-0.4, -0.2) is 23.0 Å². The van der Waals surface area contributed by atoms with Crippen molar-refractivity contribution in [2.24, 2.45) is 0 Å². The van der Waals surface area contributed by atoms with Crippen molar-refractivity contribution in [2.45, 2.75) is 23.2 Å². The molecule has 0 aliphatic heterocycles. The van der Waals surface area contributed by atoms with Gasteiger partial charge >= 0.3 is 6.18 Å². The van der Waals surface area contributed by atoms with E-state index in [1.54, 1.807) is 67.6 Å². The molecule has 0 fully saturated rings. The molecule has 10 heteroatoms. The van der Waals surface area contributed by atoms with E-state index < -0.39 is 34.7 Å². The number of rotatable bonds is 9. The third-order valence-corrected chi connectivity index (χ3v) is 8.01. The highest BCUT2D eigenvalue weighted by molar-refractivity contribution is 8.00. The van der Waals surface area contributed by atoms with Gasteiger partial charge < -0.3 is 16.0 Å². The van der Waals surface area contributed by atoms with E-state index in [2.05, 4.69) is 16.0 Å². The Labute approximate surface area is 267 Å². The van der Waals surface area contributed by atoms with E-state index in [9.17, 15) is 27.6 Å². The highest BCUT2D eigenvalue weighted by atomic mass is 32.2. The van der Waals surface area contributed by atoms with Gasteiger partial charge in [-0.3, -0.25) is 14.4 Å². The topological polar surface area (TPSA) is 87.3 Å². The van der Waals surface area contributed by atoms with Crippen LogP contribution in [0.25, 0.3) is 16.8 Å². The van der Waals surface area contributed by atoms with Crippen LogP contribution in [0.3, 0.4) is 0 Å². The van der Waals surface area contributed by atoms with Gasteiger partial charge in [0, 0.05) is 16.1 Å². The van der Waals surface area contributed by atoms with Gasteiger partial charge in [-0.25, -0.2) is 0 Å². The fraction of sp³-hybridized carbons (Fsp3) is 0.0833. The van der Waals surface area contributed by atoms with Crippen LogP contribution < -0.4 is 16.0 Å². The van der Waals surface area contributed by atoms with E-state index in [0.717, 1.165) is 34.2 Å². The number of hydrogen-bond donors (Lipinski definition) is 3. The lowest BCUT2D eigenvalue weighted by Crippen LogP contribution is -2.30. The van der Waals surface area contributed by atoms with Crippen LogP contribution in [0.2, 0.25) is 0 Å². The molecule has 0 aliphatic rings. The summed E-state index contributed by atoms with van der Waals surface area (Å²) < 4.78 is 40.1. The average Bonchev–Trinajstić information content (AvgIpc) is 3.05. The second-order valence-electron chi connectivity index (χ2n) is 10.2. The molecule has 46 heavy (non-hydrogen) atoms. The standard InChI is InChI=1S/C36H28F3N3O3S/c1-23(33(43)41-31-20-8-7-19-30(31)36(37,38)39)46-28-17-10-16-27(22-28)40-35(45)32(42-34(44)25-12-3-2-4-13-25)21-26-15-9-14-24-11-5-6-18-29(24)26/h2-23H,1H3,(H,40,45)(H,41,43)(H,42,44)/b32-21+. The quantitative estimate of drug-likeness (QED) is 0.112. The SMILES string of the molecule is CC(Sc1cccc(NC(=O)/C(=C\c2cccc3ccccc23)NC(=O)c2ccccc2)c1)C(=O)Nc1ccccc1C(F)(F)F. The van der Waals surface area contributed by atoms with Crippen molar-refractivity contribution in [1.29, 1.82) is 0 Å². The first kappa shape index (κ1) is 32.1. The zero-order valence-corrected chi connectivity index (χ0v) is 25.3. The number of carbonyl (C=O) groups is 3. The molecule has 0 heterocycles. The molecular formula is C36H28F3N3O3S. The number of para-hydroxylation sites is 1.